The molecule has 1 aliphatic rings. The molecule has 0 aromatic carbocycles. The number of allylic oxidation sites excluding steroid dienone is 5. The zero-order valence-electron chi connectivity index (χ0n) is 11.3. The van der Waals surface area contributed by atoms with E-state index in [1.165, 1.54) is 40.0 Å². The number of hydrogen-bond acceptors (Lipinski definition) is 0. The van der Waals surface area contributed by atoms with E-state index in [1.807, 2.05) is 0 Å². The van der Waals surface area contributed by atoms with Gasteiger partial charge in [0.2, 0.25) is 0 Å². The minimum atomic E-state index is 0.183. The first-order valence-corrected chi connectivity index (χ1v) is 7.18. The Kier molecular flexibility index (Phi) is 3.65. The van der Waals surface area contributed by atoms with E-state index in [0.717, 1.165) is 0 Å². The Morgan fingerprint density at radius 2 is 1.19 bits per heavy atom. The van der Waals surface area contributed by atoms with E-state index in [9.17, 15) is 0 Å². The standard InChI is InChI=1S/C15H22.W/c1-11-12(14(2,3)4)9-8-10-13(11)15(5,6)7;/h9-10H,1H2,2-7H3;. The summed E-state index contributed by atoms with van der Waals surface area (Å²) < 4.78 is 1.42. The third kappa shape index (κ3) is 2.92. The second-order valence-corrected chi connectivity index (χ2v) is 8.19. The first-order valence-electron chi connectivity index (χ1n) is 5.71. The molecular formula is C15H22W. The first kappa shape index (κ1) is 13.8. The molecule has 0 saturated heterocycles. The molecule has 0 saturated carbocycles. The van der Waals surface area contributed by atoms with Crippen LogP contribution >= 0.6 is 0 Å². The van der Waals surface area contributed by atoms with Gasteiger partial charge < -0.3 is 0 Å². The van der Waals surface area contributed by atoms with Crippen LogP contribution in [0.1, 0.15) is 41.5 Å². The third-order valence-electron chi connectivity index (χ3n) is 2.84. The molecule has 0 atom stereocenters. The zero-order chi connectivity index (χ0) is 12.7. The number of rotatable bonds is 0. The Morgan fingerprint density at radius 3 is 1.44 bits per heavy atom. The van der Waals surface area contributed by atoms with Crippen LogP contribution in [0.4, 0.5) is 0 Å². The van der Waals surface area contributed by atoms with Crippen LogP contribution in [0.5, 0.6) is 0 Å². The monoisotopic (exact) mass is 386 g/mol. The molecule has 1 heteroatoms. The molecule has 0 spiro atoms. The van der Waals surface area contributed by atoms with Crippen LogP contribution in [0, 0.1) is 10.8 Å². The van der Waals surface area contributed by atoms with Gasteiger partial charge in [-0.3, -0.25) is 0 Å². The SMILES string of the molecule is C=C1C(C(C)(C)C)=C[C](=[W])C=C1C(C)(C)C. The van der Waals surface area contributed by atoms with E-state index in [4.69, 9.17) is 0 Å². The van der Waals surface area contributed by atoms with Crippen LogP contribution in [0.2, 0.25) is 0 Å². The summed E-state index contributed by atoms with van der Waals surface area (Å²) in [4.78, 5) is 0. The Morgan fingerprint density at radius 1 is 0.875 bits per heavy atom. The van der Waals surface area contributed by atoms with Crippen molar-refractivity contribution in [3.63, 3.8) is 0 Å². The quantitative estimate of drug-likeness (QED) is 0.585. The van der Waals surface area contributed by atoms with Crippen molar-refractivity contribution in [1.29, 1.82) is 0 Å². The summed E-state index contributed by atoms with van der Waals surface area (Å²) in [6.45, 7) is 17.9. The summed E-state index contributed by atoms with van der Waals surface area (Å²) in [5, 5.41) is 0. The van der Waals surface area contributed by atoms with Gasteiger partial charge in [0.25, 0.3) is 0 Å². The van der Waals surface area contributed by atoms with Crippen molar-refractivity contribution < 1.29 is 19.4 Å². The molecule has 0 unspecified atom stereocenters. The second kappa shape index (κ2) is 4.22. The molecule has 16 heavy (non-hydrogen) atoms. The second-order valence-electron chi connectivity index (χ2n) is 6.50. The van der Waals surface area contributed by atoms with Crippen molar-refractivity contribution >= 4 is 3.90 Å². The Labute approximate surface area is 111 Å². The summed E-state index contributed by atoms with van der Waals surface area (Å²) in [6, 6.07) is 0. The normalized spacial score (nSPS) is 18.4. The van der Waals surface area contributed by atoms with Crippen LogP contribution < -0.4 is 0 Å². The fourth-order valence-electron chi connectivity index (χ4n) is 1.98. The van der Waals surface area contributed by atoms with Crippen molar-refractivity contribution in [3.05, 3.63) is 35.5 Å². The van der Waals surface area contributed by atoms with Gasteiger partial charge in [-0.1, -0.05) is 0 Å². The van der Waals surface area contributed by atoms with Crippen molar-refractivity contribution in [2.75, 3.05) is 0 Å². The first-order chi connectivity index (χ1) is 7.03. The average Bonchev–Trinajstić information content (AvgIpc) is 2.04. The third-order valence-corrected chi connectivity index (χ3v) is 3.69. The molecule has 0 radical (unpaired) electrons. The van der Waals surface area contributed by atoms with E-state index in [-0.39, 0.29) is 10.8 Å². The summed E-state index contributed by atoms with van der Waals surface area (Å²) in [5.41, 5.74) is 4.38. The van der Waals surface area contributed by atoms with Gasteiger partial charge in [-0.15, -0.1) is 0 Å². The van der Waals surface area contributed by atoms with Crippen LogP contribution in [-0.4, -0.2) is 3.90 Å². The van der Waals surface area contributed by atoms with Gasteiger partial charge in [-0.05, 0) is 0 Å². The molecule has 0 N–H and O–H groups in total. The molecule has 0 aliphatic heterocycles. The molecule has 0 aromatic rings. The predicted octanol–water partition coefficient (Wildman–Crippen LogP) is 4.22. The molecule has 0 fully saturated rings. The maximum absolute atomic E-state index is 4.30. The van der Waals surface area contributed by atoms with E-state index in [0.29, 0.717) is 0 Å². The molecule has 0 heterocycles. The van der Waals surface area contributed by atoms with Gasteiger partial charge in [0, 0.05) is 0 Å². The van der Waals surface area contributed by atoms with Crippen molar-refractivity contribution in [2.45, 2.75) is 41.5 Å². The molecule has 1 rings (SSSR count). The van der Waals surface area contributed by atoms with E-state index in [1.54, 1.807) is 0 Å². The molecule has 0 aromatic heterocycles. The predicted molar refractivity (Wildman–Crippen MR) is 69.2 cm³/mol. The van der Waals surface area contributed by atoms with Crippen LogP contribution in [-0.2, 0) is 19.4 Å². The zero-order valence-corrected chi connectivity index (χ0v) is 14.2. The minimum absolute atomic E-state index is 0.183. The van der Waals surface area contributed by atoms with E-state index in [2.05, 4.69) is 60.3 Å². The molecular weight excluding hydrogens is 364 g/mol. The molecule has 0 nitrogen and oxygen atoms in total. The van der Waals surface area contributed by atoms with Gasteiger partial charge in [0.05, 0.1) is 0 Å². The number of hydrogen-bond donors (Lipinski definition) is 0. The summed E-state index contributed by atoms with van der Waals surface area (Å²) in [6.07, 6.45) is 4.62. The molecule has 1 aliphatic carbocycles. The van der Waals surface area contributed by atoms with Gasteiger partial charge in [0.15, 0.2) is 0 Å². The van der Waals surface area contributed by atoms with Gasteiger partial charge in [0.1, 0.15) is 0 Å². The maximum atomic E-state index is 4.30. The summed E-state index contributed by atoms with van der Waals surface area (Å²) in [5.74, 6) is 0. The summed E-state index contributed by atoms with van der Waals surface area (Å²) >= 11 is 1.53. The summed E-state index contributed by atoms with van der Waals surface area (Å²) in [7, 11) is 0. The Balaban J connectivity index is 3.24. The van der Waals surface area contributed by atoms with E-state index >= 15 is 0 Å². The Hall–Kier alpha value is -0.222. The van der Waals surface area contributed by atoms with E-state index < -0.39 is 0 Å². The van der Waals surface area contributed by atoms with Crippen molar-refractivity contribution in [1.82, 2.24) is 0 Å². The average molecular weight is 386 g/mol. The Bertz CT molecular complexity index is 356. The van der Waals surface area contributed by atoms with Crippen molar-refractivity contribution in [3.8, 4) is 0 Å². The molecule has 88 valence electrons. The van der Waals surface area contributed by atoms with Crippen LogP contribution in [0.25, 0.3) is 0 Å². The van der Waals surface area contributed by atoms with Gasteiger partial charge in [-0.25, -0.2) is 0 Å². The molecule has 0 amide bonds. The van der Waals surface area contributed by atoms with Gasteiger partial charge in [-0.2, -0.15) is 0 Å². The molecule has 0 bridgehead atoms. The van der Waals surface area contributed by atoms with Crippen molar-refractivity contribution in [2.24, 2.45) is 10.8 Å². The topological polar surface area (TPSA) is 0 Å². The fourth-order valence-corrected chi connectivity index (χ4v) is 2.83. The van der Waals surface area contributed by atoms with Crippen LogP contribution in [0.15, 0.2) is 35.5 Å². The fraction of sp³-hybridized carbons (Fsp3) is 0.533. The van der Waals surface area contributed by atoms with Gasteiger partial charge >= 0.3 is 111 Å². The van der Waals surface area contributed by atoms with Crippen LogP contribution in [0.3, 0.4) is 0 Å².